The number of aromatic carboxylic acids is 1. The maximum atomic E-state index is 12.5. The largest absolute Gasteiger partial charge is 0.483 e. The molecule has 2 atom stereocenters. The van der Waals surface area contributed by atoms with Gasteiger partial charge in [0, 0.05) is 0 Å². The number of carboxylic acid groups (broad SMARTS) is 1. The molecule has 2 aromatic rings. The van der Waals surface area contributed by atoms with Gasteiger partial charge in [0.05, 0.1) is 11.5 Å². The summed E-state index contributed by atoms with van der Waals surface area (Å²) in [5, 5.41) is 9.26. The number of ketones is 1. The van der Waals surface area contributed by atoms with Crippen LogP contribution in [0.5, 0.6) is 5.75 Å². The number of carboxylic acids is 1. The number of ether oxygens (including phenoxy) is 1. The predicted octanol–water partition coefficient (Wildman–Crippen LogP) is 3.34. The SMILES string of the molecule is CC1C(=O)c2cccc(C(=O)O)c2OC1c1ccccc1. The van der Waals surface area contributed by atoms with Crippen LogP contribution < -0.4 is 4.74 Å². The summed E-state index contributed by atoms with van der Waals surface area (Å²) in [5.41, 5.74) is 1.23. The standard InChI is InChI=1S/C17H14O4/c1-10-14(18)12-8-5-9-13(17(19)20)16(12)21-15(10)11-6-3-2-4-7-11/h2-10,15H,1H3,(H,19,20). The van der Waals surface area contributed by atoms with Crippen molar-refractivity contribution in [3.63, 3.8) is 0 Å². The Hall–Kier alpha value is -2.62. The van der Waals surface area contributed by atoms with Crippen molar-refractivity contribution in [3.8, 4) is 5.75 Å². The molecule has 2 unspecified atom stereocenters. The van der Waals surface area contributed by atoms with Gasteiger partial charge in [0.15, 0.2) is 5.78 Å². The van der Waals surface area contributed by atoms with Gasteiger partial charge in [-0.25, -0.2) is 4.79 Å². The van der Waals surface area contributed by atoms with E-state index in [4.69, 9.17) is 4.74 Å². The molecule has 0 aliphatic carbocycles. The lowest BCUT2D eigenvalue weighted by molar-refractivity contribution is 0.0643. The smallest absolute Gasteiger partial charge is 0.339 e. The molecule has 0 fully saturated rings. The highest BCUT2D eigenvalue weighted by atomic mass is 16.5. The number of carbonyl (C=O) groups is 2. The second kappa shape index (κ2) is 5.05. The summed E-state index contributed by atoms with van der Waals surface area (Å²) in [7, 11) is 0. The fourth-order valence-corrected chi connectivity index (χ4v) is 2.64. The Kier molecular flexibility index (Phi) is 3.22. The first-order chi connectivity index (χ1) is 10.1. The molecule has 0 saturated carbocycles. The summed E-state index contributed by atoms with van der Waals surface area (Å²) in [6, 6.07) is 14.0. The van der Waals surface area contributed by atoms with Crippen molar-refractivity contribution in [1.29, 1.82) is 0 Å². The molecular weight excluding hydrogens is 268 g/mol. The normalized spacial score (nSPS) is 20.5. The molecule has 1 heterocycles. The number of benzene rings is 2. The minimum atomic E-state index is -1.10. The van der Waals surface area contributed by atoms with E-state index in [-0.39, 0.29) is 23.0 Å². The molecule has 0 saturated heterocycles. The highest BCUT2D eigenvalue weighted by Gasteiger charge is 2.36. The summed E-state index contributed by atoms with van der Waals surface area (Å²) in [6.07, 6.45) is -0.466. The fourth-order valence-electron chi connectivity index (χ4n) is 2.64. The van der Waals surface area contributed by atoms with Gasteiger partial charge in [-0.3, -0.25) is 4.79 Å². The number of rotatable bonds is 2. The van der Waals surface area contributed by atoms with Crippen molar-refractivity contribution in [2.24, 2.45) is 5.92 Å². The predicted molar refractivity (Wildman–Crippen MR) is 76.7 cm³/mol. The van der Waals surface area contributed by atoms with Crippen LogP contribution in [0.1, 0.15) is 39.3 Å². The third-order valence-corrected chi connectivity index (χ3v) is 3.75. The molecule has 0 spiro atoms. The van der Waals surface area contributed by atoms with Gasteiger partial charge in [0.2, 0.25) is 0 Å². The maximum Gasteiger partial charge on any atom is 0.339 e. The quantitative estimate of drug-likeness (QED) is 0.917. The van der Waals surface area contributed by atoms with Crippen LogP contribution in [0.3, 0.4) is 0 Å². The zero-order valence-electron chi connectivity index (χ0n) is 11.4. The van der Waals surface area contributed by atoms with Crippen LogP contribution in [0.25, 0.3) is 0 Å². The van der Waals surface area contributed by atoms with E-state index in [1.165, 1.54) is 6.07 Å². The molecule has 0 amide bonds. The molecule has 0 bridgehead atoms. The minimum absolute atomic E-state index is 0.0219. The van der Waals surface area contributed by atoms with E-state index in [2.05, 4.69) is 0 Å². The van der Waals surface area contributed by atoms with Crippen LogP contribution >= 0.6 is 0 Å². The third-order valence-electron chi connectivity index (χ3n) is 3.75. The molecule has 106 valence electrons. The lowest BCUT2D eigenvalue weighted by atomic mass is 9.86. The fraction of sp³-hybridized carbons (Fsp3) is 0.176. The molecule has 1 N–H and O–H groups in total. The van der Waals surface area contributed by atoms with Gasteiger partial charge in [0.25, 0.3) is 0 Å². The molecule has 0 aromatic heterocycles. The minimum Gasteiger partial charge on any atom is -0.483 e. The maximum absolute atomic E-state index is 12.5. The third kappa shape index (κ3) is 2.18. The van der Waals surface area contributed by atoms with Crippen molar-refractivity contribution in [3.05, 3.63) is 65.2 Å². The summed E-state index contributed by atoms with van der Waals surface area (Å²) in [5.74, 6) is -1.37. The van der Waals surface area contributed by atoms with Crippen molar-refractivity contribution in [1.82, 2.24) is 0 Å². The topological polar surface area (TPSA) is 63.6 Å². The average Bonchev–Trinajstić information content (AvgIpc) is 2.51. The second-order valence-electron chi connectivity index (χ2n) is 5.09. The van der Waals surface area contributed by atoms with Crippen molar-refractivity contribution >= 4 is 11.8 Å². The van der Waals surface area contributed by atoms with Crippen LogP contribution in [0, 0.1) is 5.92 Å². The summed E-state index contributed by atoms with van der Waals surface area (Å²) >= 11 is 0. The average molecular weight is 282 g/mol. The van der Waals surface area contributed by atoms with E-state index in [9.17, 15) is 14.7 Å². The molecule has 1 aliphatic rings. The van der Waals surface area contributed by atoms with E-state index < -0.39 is 12.1 Å². The van der Waals surface area contributed by atoms with Crippen LogP contribution in [-0.2, 0) is 0 Å². The second-order valence-corrected chi connectivity index (χ2v) is 5.09. The number of fused-ring (bicyclic) bond motifs is 1. The number of hydrogen-bond donors (Lipinski definition) is 1. The summed E-state index contributed by atoms with van der Waals surface area (Å²) in [6.45, 7) is 1.80. The monoisotopic (exact) mass is 282 g/mol. The van der Waals surface area contributed by atoms with E-state index in [1.54, 1.807) is 19.1 Å². The van der Waals surface area contributed by atoms with Crippen LogP contribution in [0.15, 0.2) is 48.5 Å². The molecule has 4 nitrogen and oxygen atoms in total. The van der Waals surface area contributed by atoms with Crippen LogP contribution in [0.2, 0.25) is 0 Å². The number of carbonyl (C=O) groups excluding carboxylic acids is 1. The molecule has 2 aromatic carbocycles. The molecule has 3 rings (SSSR count). The van der Waals surface area contributed by atoms with Gasteiger partial charge in [-0.1, -0.05) is 43.3 Å². The summed E-state index contributed by atoms with van der Waals surface area (Å²) < 4.78 is 5.89. The summed E-state index contributed by atoms with van der Waals surface area (Å²) in [4.78, 5) is 23.8. The van der Waals surface area contributed by atoms with Crippen LogP contribution in [-0.4, -0.2) is 16.9 Å². The van der Waals surface area contributed by atoms with Gasteiger partial charge in [-0.15, -0.1) is 0 Å². The Morgan fingerprint density at radius 3 is 2.48 bits per heavy atom. The Bertz CT molecular complexity index is 706. The first kappa shape index (κ1) is 13.4. The number of Topliss-reactive ketones (excluding diaryl/α,β-unsaturated/α-hetero) is 1. The number of hydrogen-bond acceptors (Lipinski definition) is 3. The molecule has 0 radical (unpaired) electrons. The van der Waals surface area contributed by atoms with E-state index >= 15 is 0 Å². The van der Waals surface area contributed by atoms with Crippen molar-refractivity contribution in [2.75, 3.05) is 0 Å². The van der Waals surface area contributed by atoms with Gasteiger partial charge < -0.3 is 9.84 Å². The highest BCUT2D eigenvalue weighted by molar-refractivity contribution is 6.05. The zero-order chi connectivity index (χ0) is 15.0. The van der Waals surface area contributed by atoms with Gasteiger partial charge in [-0.2, -0.15) is 0 Å². The Morgan fingerprint density at radius 2 is 1.81 bits per heavy atom. The van der Waals surface area contributed by atoms with Crippen molar-refractivity contribution in [2.45, 2.75) is 13.0 Å². The Morgan fingerprint density at radius 1 is 1.10 bits per heavy atom. The zero-order valence-corrected chi connectivity index (χ0v) is 11.4. The number of para-hydroxylation sites is 1. The van der Waals surface area contributed by atoms with E-state index in [0.29, 0.717) is 5.56 Å². The lowest BCUT2D eigenvalue weighted by Crippen LogP contribution is -2.30. The van der Waals surface area contributed by atoms with Gasteiger partial charge >= 0.3 is 5.97 Å². The van der Waals surface area contributed by atoms with Gasteiger partial charge in [-0.05, 0) is 17.7 Å². The molecule has 4 heteroatoms. The first-order valence-electron chi connectivity index (χ1n) is 6.71. The van der Waals surface area contributed by atoms with Crippen molar-refractivity contribution < 1.29 is 19.4 Å². The molecular formula is C17H14O4. The first-order valence-corrected chi connectivity index (χ1v) is 6.71. The van der Waals surface area contributed by atoms with E-state index in [1.807, 2.05) is 30.3 Å². The lowest BCUT2D eigenvalue weighted by Gasteiger charge is -2.31. The van der Waals surface area contributed by atoms with E-state index in [0.717, 1.165) is 5.56 Å². The highest BCUT2D eigenvalue weighted by Crippen LogP contribution is 2.40. The van der Waals surface area contributed by atoms with Gasteiger partial charge in [0.1, 0.15) is 17.4 Å². The Balaban J connectivity index is 2.12. The van der Waals surface area contributed by atoms with Crippen LogP contribution in [0.4, 0.5) is 0 Å². The molecule has 1 aliphatic heterocycles. The molecule has 21 heavy (non-hydrogen) atoms. The Labute approximate surface area is 122 Å².